The monoisotopic (exact) mass is 276 g/mol. The third-order valence-corrected chi connectivity index (χ3v) is 3.02. The second-order valence-electron chi connectivity index (χ2n) is 4.45. The molecule has 0 aromatic heterocycles. The summed E-state index contributed by atoms with van der Waals surface area (Å²) in [6.07, 6.45) is 1.49. The Balaban J connectivity index is 1.91. The molecule has 0 unspecified atom stereocenters. The molecule has 1 heterocycles. The minimum Gasteiger partial charge on any atom is -0.458 e. The number of carbonyl (C=O) groups is 1. The minimum absolute atomic E-state index is 0.279. The summed E-state index contributed by atoms with van der Waals surface area (Å²) in [7, 11) is 0. The molecule has 4 nitrogen and oxygen atoms in total. The Morgan fingerprint density at radius 2 is 1.71 bits per heavy atom. The minimum atomic E-state index is -0.318. The summed E-state index contributed by atoms with van der Waals surface area (Å²) in [5, 5.41) is 0. The molecule has 0 N–H and O–H groups in total. The van der Waals surface area contributed by atoms with E-state index < -0.39 is 0 Å². The molecule has 0 aliphatic carbocycles. The van der Waals surface area contributed by atoms with Crippen LogP contribution in [-0.4, -0.2) is 18.6 Å². The molecule has 4 heteroatoms. The topological polar surface area (TPSA) is 51.0 Å². The van der Waals surface area contributed by atoms with E-state index in [4.69, 9.17) is 4.74 Å². The van der Waals surface area contributed by atoms with Crippen molar-refractivity contribution in [1.29, 1.82) is 0 Å². The first-order valence-electron chi connectivity index (χ1n) is 6.51. The van der Waals surface area contributed by atoms with Crippen molar-refractivity contribution in [3.8, 4) is 0 Å². The fraction of sp³-hybridized carbons (Fsp3) is 0.0588. The molecular weight excluding hydrogens is 264 g/mol. The standard InChI is InChI=1S/C17H12N2O2/c20-17-10-13(11-21-17)15-8-4-5-9-16(15)19-12-18-14-6-2-1-3-7-14/h1-10H,11H2. The van der Waals surface area contributed by atoms with Crippen LogP contribution in [0.1, 0.15) is 5.56 Å². The van der Waals surface area contributed by atoms with Gasteiger partial charge in [-0.25, -0.2) is 4.79 Å². The third kappa shape index (κ3) is 3.14. The van der Waals surface area contributed by atoms with Crippen molar-refractivity contribution in [2.45, 2.75) is 0 Å². The van der Waals surface area contributed by atoms with E-state index in [1.54, 1.807) is 0 Å². The molecule has 0 spiro atoms. The van der Waals surface area contributed by atoms with Gasteiger partial charge in [0.1, 0.15) is 12.6 Å². The van der Waals surface area contributed by atoms with Crippen LogP contribution in [0.2, 0.25) is 0 Å². The first-order valence-corrected chi connectivity index (χ1v) is 6.51. The predicted molar refractivity (Wildman–Crippen MR) is 81.0 cm³/mol. The van der Waals surface area contributed by atoms with E-state index in [2.05, 4.69) is 16.0 Å². The fourth-order valence-electron chi connectivity index (χ4n) is 2.01. The quantitative estimate of drug-likeness (QED) is 0.633. The predicted octanol–water partition coefficient (Wildman–Crippen LogP) is 3.76. The molecule has 0 fully saturated rings. The van der Waals surface area contributed by atoms with E-state index in [0.717, 1.165) is 16.8 Å². The summed E-state index contributed by atoms with van der Waals surface area (Å²) in [5.74, 6) is -0.318. The van der Waals surface area contributed by atoms with Gasteiger partial charge in [0.15, 0.2) is 0 Å². The highest BCUT2D eigenvalue weighted by Crippen LogP contribution is 2.28. The van der Waals surface area contributed by atoms with Gasteiger partial charge in [-0.2, -0.15) is 9.98 Å². The van der Waals surface area contributed by atoms with E-state index in [9.17, 15) is 4.79 Å². The number of cyclic esters (lactones) is 1. The van der Waals surface area contributed by atoms with Crippen LogP contribution in [0.25, 0.3) is 5.57 Å². The third-order valence-electron chi connectivity index (χ3n) is 3.02. The van der Waals surface area contributed by atoms with E-state index in [1.807, 2.05) is 54.6 Å². The van der Waals surface area contributed by atoms with E-state index in [1.165, 1.54) is 6.08 Å². The van der Waals surface area contributed by atoms with Crippen molar-refractivity contribution < 1.29 is 9.53 Å². The van der Waals surface area contributed by atoms with Crippen LogP contribution in [0.5, 0.6) is 0 Å². The first kappa shape index (κ1) is 13.0. The van der Waals surface area contributed by atoms with Crippen molar-refractivity contribution in [1.82, 2.24) is 0 Å². The molecule has 1 aliphatic heterocycles. The summed E-state index contributed by atoms with van der Waals surface area (Å²) in [5.41, 5.74) is 3.18. The van der Waals surface area contributed by atoms with Gasteiger partial charge in [-0.3, -0.25) is 0 Å². The zero-order chi connectivity index (χ0) is 14.5. The second-order valence-corrected chi connectivity index (χ2v) is 4.45. The average Bonchev–Trinajstić information content (AvgIpc) is 2.95. The van der Waals surface area contributed by atoms with E-state index >= 15 is 0 Å². The van der Waals surface area contributed by atoms with Crippen molar-refractivity contribution in [3.63, 3.8) is 0 Å². The van der Waals surface area contributed by atoms with Crippen molar-refractivity contribution >= 4 is 28.9 Å². The van der Waals surface area contributed by atoms with Crippen LogP contribution >= 0.6 is 0 Å². The van der Waals surface area contributed by atoms with Gasteiger partial charge >= 0.3 is 5.97 Å². The smallest absolute Gasteiger partial charge is 0.331 e. The molecular formula is C17H12N2O2. The molecule has 1 aliphatic rings. The van der Waals surface area contributed by atoms with E-state index in [0.29, 0.717) is 5.69 Å². The van der Waals surface area contributed by atoms with Gasteiger partial charge in [0.25, 0.3) is 0 Å². The number of carbonyl (C=O) groups excluding carboxylic acids is 1. The largest absolute Gasteiger partial charge is 0.458 e. The first-order chi connectivity index (χ1) is 10.3. The molecule has 0 saturated carbocycles. The molecule has 0 amide bonds. The molecule has 0 radical (unpaired) electrons. The highest BCUT2D eigenvalue weighted by Gasteiger charge is 2.16. The number of esters is 1. The molecule has 0 atom stereocenters. The number of nitrogens with zero attached hydrogens (tertiary/aromatic N) is 2. The zero-order valence-corrected chi connectivity index (χ0v) is 11.2. The summed E-state index contributed by atoms with van der Waals surface area (Å²) < 4.78 is 4.93. The average molecular weight is 276 g/mol. The molecule has 2 aromatic rings. The zero-order valence-electron chi connectivity index (χ0n) is 11.2. The van der Waals surface area contributed by atoms with Crippen molar-refractivity contribution in [2.24, 2.45) is 9.98 Å². The summed E-state index contributed by atoms with van der Waals surface area (Å²) in [4.78, 5) is 19.6. The van der Waals surface area contributed by atoms with E-state index in [-0.39, 0.29) is 12.6 Å². The van der Waals surface area contributed by atoms with Crippen molar-refractivity contribution in [3.05, 3.63) is 66.2 Å². The lowest BCUT2D eigenvalue weighted by Crippen LogP contribution is -1.91. The van der Waals surface area contributed by atoms with Crippen LogP contribution in [0.4, 0.5) is 11.4 Å². The lowest BCUT2D eigenvalue weighted by Gasteiger charge is -2.03. The van der Waals surface area contributed by atoms with Gasteiger partial charge in [0.2, 0.25) is 0 Å². The maximum Gasteiger partial charge on any atom is 0.331 e. The molecule has 0 bridgehead atoms. The van der Waals surface area contributed by atoms with Gasteiger partial charge in [0, 0.05) is 17.2 Å². The molecule has 3 rings (SSSR count). The highest BCUT2D eigenvalue weighted by molar-refractivity contribution is 5.97. The number of ether oxygens (including phenoxy) is 1. The van der Waals surface area contributed by atoms with Crippen LogP contribution in [0.3, 0.4) is 0 Å². The van der Waals surface area contributed by atoms with Gasteiger partial charge in [-0.1, -0.05) is 36.4 Å². The van der Waals surface area contributed by atoms with Crippen LogP contribution in [-0.2, 0) is 9.53 Å². The van der Waals surface area contributed by atoms with Gasteiger partial charge in [0.05, 0.1) is 11.4 Å². The summed E-state index contributed by atoms with van der Waals surface area (Å²) in [6.45, 7) is 0.279. The number of benzene rings is 2. The number of aliphatic imine (C=N–C) groups is 2. The summed E-state index contributed by atoms with van der Waals surface area (Å²) >= 11 is 0. The number of rotatable bonds is 3. The van der Waals surface area contributed by atoms with Gasteiger partial charge in [-0.15, -0.1) is 0 Å². The SMILES string of the molecule is O=C1C=C(c2ccccc2N=C=Nc2ccccc2)CO1. The van der Waals surface area contributed by atoms with Gasteiger partial charge in [-0.05, 0) is 18.2 Å². The highest BCUT2D eigenvalue weighted by atomic mass is 16.5. The molecule has 0 saturated heterocycles. The Bertz CT molecular complexity index is 757. The molecule has 102 valence electrons. The Morgan fingerprint density at radius 1 is 0.952 bits per heavy atom. The lowest BCUT2D eigenvalue weighted by atomic mass is 10.1. The molecule has 2 aromatic carbocycles. The maximum atomic E-state index is 11.2. The number of para-hydroxylation sites is 2. The van der Waals surface area contributed by atoms with Crippen molar-refractivity contribution in [2.75, 3.05) is 6.61 Å². The maximum absolute atomic E-state index is 11.2. The lowest BCUT2D eigenvalue weighted by molar-refractivity contribution is -0.134. The number of hydrogen-bond donors (Lipinski definition) is 0. The van der Waals surface area contributed by atoms with Crippen LogP contribution in [0, 0.1) is 0 Å². The normalized spacial score (nSPS) is 13.1. The Hall–Kier alpha value is -2.97. The summed E-state index contributed by atoms with van der Waals surface area (Å²) in [6, 6.07) is 19.7. The second kappa shape index (κ2) is 5.99. The Morgan fingerprint density at radius 3 is 2.48 bits per heavy atom. The van der Waals surface area contributed by atoms with Crippen LogP contribution < -0.4 is 0 Å². The Kier molecular flexibility index (Phi) is 3.72. The Labute approximate surface area is 122 Å². The fourth-order valence-corrected chi connectivity index (χ4v) is 2.01. The number of hydrogen-bond acceptors (Lipinski definition) is 4. The molecule has 21 heavy (non-hydrogen) atoms. The van der Waals surface area contributed by atoms with Crippen LogP contribution in [0.15, 0.2) is 70.7 Å². The van der Waals surface area contributed by atoms with Gasteiger partial charge < -0.3 is 4.74 Å².